The molecule has 2 heterocycles. The van der Waals surface area contributed by atoms with Crippen molar-refractivity contribution in [2.45, 2.75) is 44.2 Å². The van der Waals surface area contributed by atoms with Crippen LogP contribution in [-0.4, -0.2) is 53.4 Å². The molecule has 5 rings (SSSR count). The van der Waals surface area contributed by atoms with Crippen molar-refractivity contribution in [1.29, 1.82) is 0 Å². The Kier molecular flexibility index (Phi) is 7.88. The normalized spacial score (nSPS) is 17.3. The zero-order valence-electron chi connectivity index (χ0n) is 21.6. The molecular formula is C29H30ClFN4O4. The van der Waals surface area contributed by atoms with Crippen LogP contribution in [0.5, 0.6) is 5.75 Å². The molecule has 2 amide bonds. The lowest BCUT2D eigenvalue weighted by molar-refractivity contribution is 0.126. The van der Waals surface area contributed by atoms with Crippen LogP contribution in [0.1, 0.15) is 42.9 Å². The number of aryl methyl sites for hydroxylation is 1. The van der Waals surface area contributed by atoms with Crippen LogP contribution in [0.3, 0.4) is 0 Å². The van der Waals surface area contributed by atoms with Gasteiger partial charge in [-0.05, 0) is 85.7 Å². The maximum absolute atomic E-state index is 14.2. The third-order valence-corrected chi connectivity index (χ3v) is 7.91. The van der Waals surface area contributed by atoms with Crippen molar-refractivity contribution < 1.29 is 23.8 Å². The van der Waals surface area contributed by atoms with Gasteiger partial charge in [0.2, 0.25) is 0 Å². The fourth-order valence-electron chi connectivity index (χ4n) is 5.68. The lowest BCUT2D eigenvalue weighted by atomic mass is 9.85. The average Bonchev–Trinajstić information content (AvgIpc) is 2.95. The lowest BCUT2D eigenvalue weighted by Gasteiger charge is -2.45. The first-order valence-electron chi connectivity index (χ1n) is 13.0. The van der Waals surface area contributed by atoms with E-state index in [1.807, 2.05) is 23.1 Å². The Hall–Kier alpha value is -3.85. The Morgan fingerprint density at radius 1 is 1.08 bits per heavy atom. The number of ether oxygens (including phenoxy) is 1. The second-order valence-corrected chi connectivity index (χ2v) is 10.3. The number of carbonyl (C=O) groups excluding carboxylic acids is 1. The first kappa shape index (κ1) is 26.7. The van der Waals surface area contributed by atoms with E-state index < -0.39 is 12.0 Å². The highest BCUT2D eigenvalue weighted by Gasteiger charge is 2.38. The Morgan fingerprint density at radius 3 is 2.51 bits per heavy atom. The van der Waals surface area contributed by atoms with E-state index in [2.05, 4.69) is 9.88 Å². The number of anilines is 2. The number of rotatable bonds is 5. The molecule has 1 atom stereocenters. The summed E-state index contributed by atoms with van der Waals surface area (Å²) in [6.45, 7) is 1.54. The Labute approximate surface area is 231 Å². The lowest BCUT2D eigenvalue weighted by Crippen LogP contribution is -2.53. The van der Waals surface area contributed by atoms with Crippen LogP contribution < -0.4 is 14.5 Å². The molecule has 3 aromatic rings. The highest BCUT2D eigenvalue weighted by molar-refractivity contribution is 6.31. The molecule has 1 fully saturated rings. The van der Waals surface area contributed by atoms with Crippen molar-refractivity contribution in [3.63, 3.8) is 0 Å². The molecule has 1 aliphatic carbocycles. The summed E-state index contributed by atoms with van der Waals surface area (Å²) in [5.74, 6) is -0.319. The van der Waals surface area contributed by atoms with Crippen molar-refractivity contribution in [3.05, 3.63) is 82.9 Å². The average molecular weight is 553 g/mol. The van der Waals surface area contributed by atoms with Gasteiger partial charge in [-0.3, -0.25) is 9.88 Å². The fraction of sp³-hybridized carbons (Fsp3) is 0.345. The van der Waals surface area contributed by atoms with Gasteiger partial charge >= 0.3 is 12.2 Å². The molecule has 10 heteroatoms. The molecule has 0 saturated carbocycles. The van der Waals surface area contributed by atoms with E-state index in [0.29, 0.717) is 5.69 Å². The van der Waals surface area contributed by atoms with Gasteiger partial charge in [0.1, 0.15) is 11.6 Å². The van der Waals surface area contributed by atoms with Gasteiger partial charge in [-0.1, -0.05) is 17.7 Å². The van der Waals surface area contributed by atoms with E-state index in [9.17, 15) is 14.0 Å². The number of hydrogen-bond donors (Lipinski definition) is 1. The van der Waals surface area contributed by atoms with Crippen molar-refractivity contribution in [2.24, 2.45) is 0 Å². The number of nitrogens with zero attached hydrogens (tertiary/aromatic N) is 4. The summed E-state index contributed by atoms with van der Waals surface area (Å²) in [7, 11) is 1.67. The topological polar surface area (TPSA) is 86.2 Å². The second-order valence-electron chi connectivity index (χ2n) is 9.91. The smallest absolute Gasteiger partial charge is 0.449 e. The first-order valence-corrected chi connectivity index (χ1v) is 13.4. The summed E-state index contributed by atoms with van der Waals surface area (Å²) in [5.41, 5.74) is 3.56. The van der Waals surface area contributed by atoms with Crippen molar-refractivity contribution in [3.8, 4) is 5.75 Å². The molecule has 0 spiro atoms. The van der Waals surface area contributed by atoms with E-state index in [1.165, 1.54) is 23.1 Å². The van der Waals surface area contributed by atoms with E-state index in [4.69, 9.17) is 21.4 Å². The standard InChI is InChI=1S/C29H30ClFN4O4/c1-33(22-6-8-26(31)25(30)17-22)28(36)35(21-11-15-34(16-12-21)20-9-13-32-14-10-20)27-4-2-3-19-5-7-23(18-24(19)27)39-29(37)38/h5-10,13-14,17-18,21,27H,2-4,11-12,15-16H2,1H3,(H,37,38). The molecule has 2 aliphatic rings. The van der Waals surface area contributed by atoms with Crippen molar-refractivity contribution in [2.75, 3.05) is 29.9 Å². The van der Waals surface area contributed by atoms with Crippen LogP contribution in [0.25, 0.3) is 0 Å². The van der Waals surface area contributed by atoms with Crippen LogP contribution in [0.15, 0.2) is 60.9 Å². The zero-order chi connectivity index (χ0) is 27.5. The molecule has 39 heavy (non-hydrogen) atoms. The number of halogens is 2. The predicted octanol–water partition coefficient (Wildman–Crippen LogP) is 6.54. The van der Waals surface area contributed by atoms with Gasteiger partial charge in [-0.2, -0.15) is 0 Å². The highest BCUT2D eigenvalue weighted by atomic mass is 35.5. The molecule has 1 saturated heterocycles. The summed E-state index contributed by atoms with van der Waals surface area (Å²) in [6.07, 6.45) is 6.13. The van der Waals surface area contributed by atoms with Gasteiger partial charge in [0.05, 0.1) is 11.1 Å². The SMILES string of the molecule is CN(C(=O)N(C1CCN(c2ccncc2)CC1)C1CCCc2ccc(OC(=O)O)cc21)c1ccc(F)c(Cl)c1. The summed E-state index contributed by atoms with van der Waals surface area (Å²) < 4.78 is 18.8. The van der Waals surface area contributed by atoms with Crippen LogP contribution in [0.2, 0.25) is 5.02 Å². The molecule has 8 nitrogen and oxygen atoms in total. The summed E-state index contributed by atoms with van der Waals surface area (Å²) in [6, 6.07) is 12.9. The highest BCUT2D eigenvalue weighted by Crippen LogP contribution is 2.40. The van der Waals surface area contributed by atoms with Crippen LogP contribution >= 0.6 is 11.6 Å². The van der Waals surface area contributed by atoms with Gasteiger partial charge in [-0.15, -0.1) is 0 Å². The number of urea groups is 1. The maximum Gasteiger partial charge on any atom is 0.511 e. The van der Waals surface area contributed by atoms with Gasteiger partial charge in [-0.25, -0.2) is 14.0 Å². The number of carbonyl (C=O) groups is 2. The molecule has 1 aromatic heterocycles. The Morgan fingerprint density at radius 2 is 1.82 bits per heavy atom. The molecule has 1 aliphatic heterocycles. The number of amides is 2. The molecular weight excluding hydrogens is 523 g/mol. The van der Waals surface area contributed by atoms with E-state index in [-0.39, 0.29) is 28.9 Å². The number of aromatic nitrogens is 1. The minimum Gasteiger partial charge on any atom is -0.449 e. The predicted molar refractivity (Wildman–Crippen MR) is 147 cm³/mol. The number of piperidine rings is 1. The van der Waals surface area contributed by atoms with Crippen LogP contribution in [0, 0.1) is 5.82 Å². The van der Waals surface area contributed by atoms with E-state index in [1.54, 1.807) is 31.6 Å². The number of carboxylic acid groups (broad SMARTS) is 1. The number of benzene rings is 2. The van der Waals surface area contributed by atoms with Crippen LogP contribution in [-0.2, 0) is 6.42 Å². The minimum atomic E-state index is -1.38. The van der Waals surface area contributed by atoms with Crippen LogP contribution in [0.4, 0.5) is 25.4 Å². The molecule has 0 radical (unpaired) electrons. The molecule has 204 valence electrons. The largest absolute Gasteiger partial charge is 0.511 e. The molecule has 2 aromatic carbocycles. The maximum atomic E-state index is 14.2. The van der Waals surface area contributed by atoms with Crippen molar-refractivity contribution >= 4 is 35.2 Å². The van der Waals surface area contributed by atoms with Gasteiger partial charge in [0, 0.05) is 49.9 Å². The molecule has 0 bridgehead atoms. The van der Waals surface area contributed by atoms with Gasteiger partial charge in [0.15, 0.2) is 0 Å². The van der Waals surface area contributed by atoms with Gasteiger partial charge in [0.25, 0.3) is 0 Å². The number of hydrogen-bond acceptors (Lipinski definition) is 5. The third-order valence-electron chi connectivity index (χ3n) is 7.62. The Bertz CT molecular complexity index is 1350. The second kappa shape index (κ2) is 11.5. The minimum absolute atomic E-state index is 0.0529. The summed E-state index contributed by atoms with van der Waals surface area (Å²) in [4.78, 5) is 35.3. The summed E-state index contributed by atoms with van der Waals surface area (Å²) >= 11 is 6.04. The molecule has 1 unspecified atom stereocenters. The van der Waals surface area contributed by atoms with Gasteiger partial charge < -0.3 is 19.6 Å². The quantitative estimate of drug-likeness (QED) is 0.286. The summed E-state index contributed by atoms with van der Waals surface area (Å²) in [5, 5.41) is 9.11. The van der Waals surface area contributed by atoms with E-state index in [0.717, 1.165) is 62.0 Å². The first-order chi connectivity index (χ1) is 18.8. The monoisotopic (exact) mass is 552 g/mol. The number of fused-ring (bicyclic) bond motifs is 1. The van der Waals surface area contributed by atoms with E-state index >= 15 is 0 Å². The molecule has 1 N–H and O–H groups in total. The third kappa shape index (κ3) is 5.78. The zero-order valence-corrected chi connectivity index (χ0v) is 22.4. The Balaban J connectivity index is 1.48. The van der Waals surface area contributed by atoms with Crippen molar-refractivity contribution in [1.82, 2.24) is 9.88 Å². The number of pyridine rings is 1. The fourth-order valence-corrected chi connectivity index (χ4v) is 5.86.